The van der Waals surface area contributed by atoms with Gasteiger partial charge in [0, 0.05) is 17.9 Å². The van der Waals surface area contributed by atoms with Gasteiger partial charge in [0.05, 0.1) is 12.1 Å². The fourth-order valence-electron chi connectivity index (χ4n) is 4.76. The van der Waals surface area contributed by atoms with Crippen molar-refractivity contribution in [1.82, 2.24) is 4.90 Å². The van der Waals surface area contributed by atoms with Crippen molar-refractivity contribution in [2.45, 2.75) is 52.7 Å². The molecule has 1 heterocycles. The minimum atomic E-state index is 0.177. The van der Waals surface area contributed by atoms with E-state index >= 15 is 0 Å². The number of fused-ring (bicyclic) bond motifs is 1. The molecule has 0 fully saturated rings. The zero-order valence-electron chi connectivity index (χ0n) is 21.0. The van der Waals surface area contributed by atoms with E-state index in [1.165, 1.54) is 22.5 Å². The van der Waals surface area contributed by atoms with Crippen molar-refractivity contribution < 1.29 is 9.47 Å². The molecule has 1 aliphatic heterocycles. The van der Waals surface area contributed by atoms with E-state index in [0.29, 0.717) is 6.61 Å². The van der Waals surface area contributed by atoms with Crippen molar-refractivity contribution in [3.63, 3.8) is 0 Å². The lowest BCUT2D eigenvalue weighted by molar-refractivity contribution is 0.223. The van der Waals surface area contributed by atoms with Crippen molar-refractivity contribution in [3.8, 4) is 11.5 Å². The minimum absolute atomic E-state index is 0.177. The molecule has 0 amide bonds. The molecule has 0 N–H and O–H groups in total. The Balaban J connectivity index is 1.56. The lowest BCUT2D eigenvalue weighted by atomic mass is 9.90. The normalized spacial score (nSPS) is 15.5. The second-order valence-electron chi connectivity index (χ2n) is 9.16. The fraction of sp³-hybridized carbons (Fsp3) is 0.400. The number of anilines is 2. The summed E-state index contributed by atoms with van der Waals surface area (Å²) < 4.78 is 11.9. The van der Waals surface area contributed by atoms with Crippen LogP contribution in [0.15, 0.2) is 72.8 Å². The highest BCUT2D eigenvalue weighted by Crippen LogP contribution is 2.44. The van der Waals surface area contributed by atoms with Gasteiger partial charge in [0.15, 0.2) is 0 Å². The van der Waals surface area contributed by atoms with Crippen molar-refractivity contribution in [2.75, 3.05) is 31.1 Å². The first-order chi connectivity index (χ1) is 16.6. The number of aryl methyl sites for hydroxylation is 1. The Morgan fingerprint density at radius 1 is 0.882 bits per heavy atom. The Morgan fingerprint density at radius 3 is 2.24 bits per heavy atom. The molecule has 3 aromatic carbocycles. The number of para-hydroxylation sites is 1. The Bertz CT molecular complexity index is 1030. The van der Waals surface area contributed by atoms with Gasteiger partial charge in [0.25, 0.3) is 0 Å². The van der Waals surface area contributed by atoms with Gasteiger partial charge in [-0.05, 0) is 93.4 Å². The summed E-state index contributed by atoms with van der Waals surface area (Å²) in [5, 5.41) is 0. The number of benzene rings is 3. The highest BCUT2D eigenvalue weighted by atomic mass is 16.5. The van der Waals surface area contributed by atoms with E-state index in [-0.39, 0.29) is 12.1 Å². The molecule has 1 aliphatic rings. The third kappa shape index (κ3) is 5.74. The van der Waals surface area contributed by atoms with Gasteiger partial charge in [-0.25, -0.2) is 0 Å². The van der Waals surface area contributed by atoms with Crippen LogP contribution >= 0.6 is 0 Å². The number of ether oxygens (including phenoxy) is 2. The van der Waals surface area contributed by atoms with Crippen molar-refractivity contribution in [2.24, 2.45) is 0 Å². The third-order valence-electron chi connectivity index (χ3n) is 6.57. The second kappa shape index (κ2) is 11.4. The smallest absolute Gasteiger partial charge is 0.119 e. The SMILES string of the molecule is CCN(CC)CCOc1ccc(N2c3ccccc3CCC2c2ccc(OC(C)C)cc2)cc1. The Labute approximate surface area is 205 Å². The van der Waals surface area contributed by atoms with Gasteiger partial charge in [-0.3, -0.25) is 0 Å². The zero-order chi connectivity index (χ0) is 23.9. The quantitative estimate of drug-likeness (QED) is 0.326. The summed E-state index contributed by atoms with van der Waals surface area (Å²) in [6.45, 7) is 12.3. The predicted molar refractivity (Wildman–Crippen MR) is 142 cm³/mol. The van der Waals surface area contributed by atoms with Crippen LogP contribution in [0, 0.1) is 0 Å². The van der Waals surface area contributed by atoms with E-state index < -0.39 is 0 Å². The number of rotatable bonds is 10. The standard InChI is InChI=1S/C30H38N2O2/c1-5-31(6-2)21-22-33-27-18-14-26(15-19-27)32-29-10-8-7-9-24(29)13-20-30(32)25-11-16-28(17-12-25)34-23(3)4/h7-12,14-19,23,30H,5-6,13,20-22H2,1-4H3. The lowest BCUT2D eigenvalue weighted by Crippen LogP contribution is -2.29. The van der Waals surface area contributed by atoms with Crippen LogP contribution in [0.1, 0.15) is 51.3 Å². The number of likely N-dealkylation sites (N-methyl/N-ethyl adjacent to an activating group) is 1. The highest BCUT2D eigenvalue weighted by Gasteiger charge is 2.28. The molecule has 4 heteroatoms. The van der Waals surface area contributed by atoms with E-state index in [9.17, 15) is 0 Å². The predicted octanol–water partition coefficient (Wildman–Crippen LogP) is 7.02. The van der Waals surface area contributed by atoms with E-state index in [4.69, 9.17) is 9.47 Å². The van der Waals surface area contributed by atoms with Gasteiger partial charge in [0.2, 0.25) is 0 Å². The molecule has 0 aromatic heterocycles. The third-order valence-corrected chi connectivity index (χ3v) is 6.57. The molecular weight excluding hydrogens is 420 g/mol. The molecule has 0 radical (unpaired) electrons. The Morgan fingerprint density at radius 2 is 1.56 bits per heavy atom. The highest BCUT2D eigenvalue weighted by molar-refractivity contribution is 5.70. The average Bonchev–Trinajstić information content (AvgIpc) is 2.86. The van der Waals surface area contributed by atoms with E-state index in [1.54, 1.807) is 0 Å². The molecule has 3 aromatic rings. The van der Waals surface area contributed by atoms with Crippen molar-refractivity contribution in [1.29, 1.82) is 0 Å². The van der Waals surface area contributed by atoms with Crippen molar-refractivity contribution in [3.05, 3.63) is 83.9 Å². The van der Waals surface area contributed by atoms with Crippen LogP contribution in [0.5, 0.6) is 11.5 Å². The van der Waals surface area contributed by atoms with Gasteiger partial charge in [-0.15, -0.1) is 0 Å². The summed E-state index contributed by atoms with van der Waals surface area (Å²) in [7, 11) is 0. The number of hydrogen-bond donors (Lipinski definition) is 0. The molecule has 180 valence electrons. The van der Waals surface area contributed by atoms with Crippen molar-refractivity contribution >= 4 is 11.4 Å². The van der Waals surface area contributed by atoms with E-state index in [2.05, 4.69) is 110 Å². The molecule has 4 nitrogen and oxygen atoms in total. The molecule has 0 aliphatic carbocycles. The van der Waals surface area contributed by atoms with Gasteiger partial charge in [-0.1, -0.05) is 44.2 Å². The van der Waals surface area contributed by atoms with E-state index in [0.717, 1.165) is 44.0 Å². The van der Waals surface area contributed by atoms with Gasteiger partial charge < -0.3 is 19.3 Å². The summed E-state index contributed by atoms with van der Waals surface area (Å²) in [4.78, 5) is 4.86. The molecule has 34 heavy (non-hydrogen) atoms. The largest absolute Gasteiger partial charge is 0.492 e. The summed E-state index contributed by atoms with van der Waals surface area (Å²) in [6.07, 6.45) is 2.33. The summed E-state index contributed by atoms with van der Waals surface area (Å²) >= 11 is 0. The maximum Gasteiger partial charge on any atom is 0.119 e. The molecular formula is C30H38N2O2. The van der Waals surface area contributed by atoms with Gasteiger partial charge in [-0.2, -0.15) is 0 Å². The van der Waals surface area contributed by atoms with Crippen LogP contribution in [0.3, 0.4) is 0 Å². The zero-order valence-corrected chi connectivity index (χ0v) is 21.0. The van der Waals surface area contributed by atoms with Crippen LogP contribution < -0.4 is 14.4 Å². The Hall–Kier alpha value is -2.98. The molecule has 0 saturated heterocycles. The molecule has 1 atom stereocenters. The van der Waals surface area contributed by atoms with Crippen LogP contribution in [0.2, 0.25) is 0 Å². The topological polar surface area (TPSA) is 24.9 Å². The first kappa shape index (κ1) is 24.2. The summed E-state index contributed by atoms with van der Waals surface area (Å²) in [5.41, 5.74) is 5.19. The first-order valence-corrected chi connectivity index (χ1v) is 12.7. The molecule has 4 rings (SSSR count). The molecule has 0 saturated carbocycles. The van der Waals surface area contributed by atoms with Gasteiger partial charge in [0.1, 0.15) is 18.1 Å². The maximum atomic E-state index is 6.03. The molecule has 0 bridgehead atoms. The molecule has 1 unspecified atom stereocenters. The first-order valence-electron chi connectivity index (χ1n) is 12.7. The van der Waals surface area contributed by atoms with Crippen LogP contribution in [0.4, 0.5) is 11.4 Å². The monoisotopic (exact) mass is 458 g/mol. The van der Waals surface area contributed by atoms with Crippen LogP contribution in [0.25, 0.3) is 0 Å². The minimum Gasteiger partial charge on any atom is -0.492 e. The number of hydrogen-bond acceptors (Lipinski definition) is 4. The van der Waals surface area contributed by atoms with Crippen LogP contribution in [-0.2, 0) is 6.42 Å². The maximum absolute atomic E-state index is 6.03. The molecule has 0 spiro atoms. The lowest BCUT2D eigenvalue weighted by Gasteiger charge is -2.39. The average molecular weight is 459 g/mol. The van der Waals surface area contributed by atoms with Crippen LogP contribution in [-0.4, -0.2) is 37.2 Å². The fourth-order valence-corrected chi connectivity index (χ4v) is 4.76. The summed E-state index contributed by atoms with van der Waals surface area (Å²) in [5.74, 6) is 1.85. The van der Waals surface area contributed by atoms with Gasteiger partial charge >= 0.3 is 0 Å². The number of nitrogens with zero attached hydrogens (tertiary/aromatic N) is 2. The van der Waals surface area contributed by atoms with E-state index in [1.807, 2.05) is 0 Å². The summed E-state index contributed by atoms with van der Waals surface area (Å²) in [6, 6.07) is 26.3. The second-order valence-corrected chi connectivity index (χ2v) is 9.16. The Kier molecular flexibility index (Phi) is 8.12.